The Morgan fingerprint density at radius 3 is 2.94 bits per heavy atom. The van der Waals surface area contributed by atoms with Crippen LogP contribution in [0, 0.1) is 0 Å². The molecule has 3 rings (SSSR count). The minimum absolute atomic E-state index is 0.137. The van der Waals surface area contributed by atoms with Gasteiger partial charge in [-0.3, -0.25) is 0 Å². The molecule has 1 aromatic heterocycles. The smallest absolute Gasteiger partial charge is 0.115 e. The Hall–Kier alpha value is -1.04. The third kappa shape index (κ3) is 2.06. The molecule has 17 heavy (non-hydrogen) atoms. The molecule has 5 nitrogen and oxygen atoms in total. The Bertz CT molecular complexity index is 357. The molecular formula is C12H17N3O2. The van der Waals surface area contributed by atoms with Gasteiger partial charge in [0.2, 0.25) is 0 Å². The van der Waals surface area contributed by atoms with Crippen LogP contribution < -0.4 is 5.32 Å². The van der Waals surface area contributed by atoms with Crippen LogP contribution in [0.15, 0.2) is 18.7 Å². The topological polar surface area (TPSA) is 56.3 Å². The maximum absolute atomic E-state index is 6.03. The van der Waals surface area contributed by atoms with Crippen LogP contribution in [0.4, 0.5) is 0 Å². The molecule has 2 atom stereocenters. The first-order chi connectivity index (χ1) is 8.41. The van der Waals surface area contributed by atoms with Crippen LogP contribution in [0.2, 0.25) is 0 Å². The van der Waals surface area contributed by atoms with Gasteiger partial charge >= 0.3 is 0 Å². The Kier molecular flexibility index (Phi) is 3.05. The van der Waals surface area contributed by atoms with E-state index in [1.807, 2.05) is 12.4 Å². The highest BCUT2D eigenvalue weighted by atomic mass is 16.5. The van der Waals surface area contributed by atoms with Crippen molar-refractivity contribution < 1.29 is 9.47 Å². The average Bonchev–Trinajstić information content (AvgIpc) is 2.41. The number of hydrogen-bond donors (Lipinski definition) is 1. The van der Waals surface area contributed by atoms with Gasteiger partial charge in [0.25, 0.3) is 0 Å². The van der Waals surface area contributed by atoms with Crippen LogP contribution >= 0.6 is 0 Å². The number of nitrogens with zero attached hydrogens (tertiary/aromatic N) is 2. The summed E-state index contributed by atoms with van der Waals surface area (Å²) in [5.74, 6) is 0. The van der Waals surface area contributed by atoms with Crippen molar-refractivity contribution in [3.05, 3.63) is 24.3 Å². The zero-order valence-electron chi connectivity index (χ0n) is 9.76. The lowest BCUT2D eigenvalue weighted by atomic mass is 9.84. The van der Waals surface area contributed by atoms with Gasteiger partial charge in [-0.2, -0.15) is 0 Å². The summed E-state index contributed by atoms with van der Waals surface area (Å²) in [7, 11) is 0. The highest BCUT2D eigenvalue weighted by Gasteiger charge is 2.44. The summed E-state index contributed by atoms with van der Waals surface area (Å²) in [4.78, 5) is 8.18. The highest BCUT2D eigenvalue weighted by molar-refractivity contribution is 5.17. The number of morpholine rings is 1. The lowest BCUT2D eigenvalue weighted by Crippen LogP contribution is -2.56. The molecule has 2 aliphatic rings. The van der Waals surface area contributed by atoms with Crippen molar-refractivity contribution in [3.63, 3.8) is 0 Å². The summed E-state index contributed by atoms with van der Waals surface area (Å²) in [5, 5.41) is 3.51. The van der Waals surface area contributed by atoms with Crippen LogP contribution in [-0.4, -0.2) is 41.9 Å². The summed E-state index contributed by atoms with van der Waals surface area (Å²) < 4.78 is 11.6. The molecule has 92 valence electrons. The molecule has 0 aromatic carbocycles. The fourth-order valence-electron chi connectivity index (χ4n) is 2.74. The summed E-state index contributed by atoms with van der Waals surface area (Å²) in [5.41, 5.74) is 0.846. The number of aromatic nitrogens is 2. The molecule has 0 saturated carbocycles. The van der Waals surface area contributed by atoms with Gasteiger partial charge in [0.05, 0.1) is 19.3 Å². The largest absolute Gasteiger partial charge is 0.378 e. The lowest BCUT2D eigenvalue weighted by Gasteiger charge is -2.46. The zero-order valence-corrected chi connectivity index (χ0v) is 9.76. The highest BCUT2D eigenvalue weighted by Crippen LogP contribution is 2.37. The van der Waals surface area contributed by atoms with E-state index in [4.69, 9.17) is 9.47 Å². The Morgan fingerprint density at radius 1 is 1.29 bits per heavy atom. The molecule has 1 N–H and O–H groups in total. The second-order valence-corrected chi connectivity index (χ2v) is 4.63. The lowest BCUT2D eigenvalue weighted by molar-refractivity contribution is -0.165. The van der Waals surface area contributed by atoms with E-state index in [-0.39, 0.29) is 11.6 Å². The number of nitrogens with one attached hydrogen (secondary N) is 1. The molecule has 0 amide bonds. The first-order valence-electron chi connectivity index (χ1n) is 6.11. The van der Waals surface area contributed by atoms with Gasteiger partial charge in [0.1, 0.15) is 11.9 Å². The minimum atomic E-state index is -0.235. The van der Waals surface area contributed by atoms with Crippen LogP contribution in [0.5, 0.6) is 0 Å². The third-order valence-electron chi connectivity index (χ3n) is 3.52. The van der Waals surface area contributed by atoms with Crippen molar-refractivity contribution in [3.8, 4) is 0 Å². The van der Waals surface area contributed by atoms with Crippen LogP contribution in [0.3, 0.4) is 0 Å². The second kappa shape index (κ2) is 4.68. The normalized spacial score (nSPS) is 33.8. The van der Waals surface area contributed by atoms with E-state index < -0.39 is 0 Å². The maximum atomic E-state index is 6.03. The molecule has 2 fully saturated rings. The molecule has 0 aliphatic carbocycles. The second-order valence-electron chi connectivity index (χ2n) is 4.63. The predicted molar refractivity (Wildman–Crippen MR) is 61.5 cm³/mol. The quantitative estimate of drug-likeness (QED) is 0.776. The number of rotatable bonds is 1. The summed E-state index contributed by atoms with van der Waals surface area (Å²) in [6.07, 6.45) is 7.34. The SMILES string of the molecule is c1ncc(C2NCCOC23CCCOC3)cn1. The standard InChI is InChI=1S/C12H17N3O2/c1-2-12(8-16-4-1)11(15-3-5-17-12)10-6-13-9-14-7-10/h6-7,9,11,15H,1-5,8H2. The van der Waals surface area contributed by atoms with Gasteiger partial charge in [-0.15, -0.1) is 0 Å². The van der Waals surface area contributed by atoms with E-state index in [2.05, 4.69) is 15.3 Å². The van der Waals surface area contributed by atoms with Crippen molar-refractivity contribution in [1.29, 1.82) is 0 Å². The minimum Gasteiger partial charge on any atom is -0.378 e. The van der Waals surface area contributed by atoms with Crippen molar-refractivity contribution in [2.75, 3.05) is 26.4 Å². The fraction of sp³-hybridized carbons (Fsp3) is 0.667. The first-order valence-corrected chi connectivity index (χ1v) is 6.11. The van der Waals surface area contributed by atoms with E-state index in [9.17, 15) is 0 Å². The first kappa shape index (κ1) is 11.1. The summed E-state index contributed by atoms with van der Waals surface area (Å²) >= 11 is 0. The van der Waals surface area contributed by atoms with Gasteiger partial charge in [-0.05, 0) is 12.8 Å². The monoisotopic (exact) mass is 235 g/mol. The molecule has 0 radical (unpaired) electrons. The molecular weight excluding hydrogens is 218 g/mol. The van der Waals surface area contributed by atoms with Gasteiger partial charge in [-0.1, -0.05) is 0 Å². The zero-order chi connectivity index (χ0) is 11.6. The molecule has 1 aromatic rings. The van der Waals surface area contributed by atoms with Crippen molar-refractivity contribution in [1.82, 2.24) is 15.3 Å². The van der Waals surface area contributed by atoms with Gasteiger partial charge in [0, 0.05) is 31.1 Å². The third-order valence-corrected chi connectivity index (χ3v) is 3.52. The molecule has 5 heteroatoms. The molecule has 2 saturated heterocycles. The summed E-state index contributed by atoms with van der Waals surface area (Å²) in [6.45, 7) is 3.09. The van der Waals surface area contributed by atoms with E-state index >= 15 is 0 Å². The fourth-order valence-corrected chi connectivity index (χ4v) is 2.74. The van der Waals surface area contributed by atoms with Crippen LogP contribution in [0.1, 0.15) is 24.4 Å². The average molecular weight is 235 g/mol. The van der Waals surface area contributed by atoms with Crippen molar-refractivity contribution in [2.45, 2.75) is 24.5 Å². The maximum Gasteiger partial charge on any atom is 0.115 e. The Labute approximate surface area is 101 Å². The van der Waals surface area contributed by atoms with E-state index in [0.29, 0.717) is 6.61 Å². The van der Waals surface area contributed by atoms with Gasteiger partial charge in [-0.25, -0.2) is 9.97 Å². The van der Waals surface area contributed by atoms with E-state index in [0.717, 1.165) is 38.2 Å². The molecule has 2 unspecified atom stereocenters. The van der Waals surface area contributed by atoms with Gasteiger partial charge in [0.15, 0.2) is 0 Å². The van der Waals surface area contributed by atoms with Crippen LogP contribution in [0.25, 0.3) is 0 Å². The number of hydrogen-bond acceptors (Lipinski definition) is 5. The molecule has 3 heterocycles. The van der Waals surface area contributed by atoms with Crippen LogP contribution in [-0.2, 0) is 9.47 Å². The molecule has 2 aliphatic heterocycles. The number of ether oxygens (including phenoxy) is 2. The van der Waals surface area contributed by atoms with Crippen molar-refractivity contribution >= 4 is 0 Å². The predicted octanol–water partition coefficient (Wildman–Crippen LogP) is 0.687. The van der Waals surface area contributed by atoms with Crippen molar-refractivity contribution in [2.24, 2.45) is 0 Å². The van der Waals surface area contributed by atoms with E-state index in [1.165, 1.54) is 0 Å². The molecule has 1 spiro atoms. The van der Waals surface area contributed by atoms with E-state index in [1.54, 1.807) is 6.33 Å². The Morgan fingerprint density at radius 2 is 2.18 bits per heavy atom. The summed E-state index contributed by atoms with van der Waals surface area (Å²) in [6, 6.07) is 0.137. The Balaban J connectivity index is 1.89. The van der Waals surface area contributed by atoms with Gasteiger partial charge < -0.3 is 14.8 Å². The molecule has 0 bridgehead atoms.